The lowest BCUT2D eigenvalue weighted by molar-refractivity contribution is 0.682. The molecule has 0 aliphatic carbocycles. The highest BCUT2D eigenvalue weighted by molar-refractivity contribution is 8.76. The van der Waals surface area contributed by atoms with Crippen LogP contribution >= 0.6 is 21.6 Å². The van der Waals surface area contributed by atoms with Crippen LogP contribution in [-0.2, 0) is 28.1 Å². The number of nitrogens with zero attached hydrogens (tertiary/aromatic N) is 2. The van der Waals surface area contributed by atoms with Crippen molar-refractivity contribution in [3.8, 4) is 0 Å². The zero-order chi connectivity index (χ0) is 17.3. The Balaban J connectivity index is 1.51. The lowest BCUT2D eigenvalue weighted by Crippen LogP contribution is -1.99. The highest BCUT2D eigenvalue weighted by Crippen LogP contribution is 2.33. The molecule has 2 aromatic carbocycles. The van der Waals surface area contributed by atoms with Crippen molar-refractivity contribution in [2.75, 3.05) is 0 Å². The van der Waals surface area contributed by atoms with Crippen molar-refractivity contribution in [3.05, 3.63) is 90.0 Å². The number of rotatable bonds is 8. The number of hydrogen-bond acceptors (Lipinski definition) is 5. The van der Waals surface area contributed by atoms with E-state index in [-0.39, 0.29) is 0 Å². The Morgan fingerprint density at radius 1 is 0.840 bits per heavy atom. The van der Waals surface area contributed by atoms with E-state index < -0.39 is 10.8 Å². The summed E-state index contributed by atoms with van der Waals surface area (Å²) in [5.74, 6) is 2.77. The van der Waals surface area contributed by atoms with Crippen LogP contribution in [0.15, 0.2) is 78.0 Å². The first kappa shape index (κ1) is 18.2. The molecule has 0 amide bonds. The van der Waals surface area contributed by atoms with E-state index in [9.17, 15) is 4.21 Å². The summed E-state index contributed by atoms with van der Waals surface area (Å²) in [5.41, 5.74) is 2.22. The van der Waals surface area contributed by atoms with Gasteiger partial charge in [0.1, 0.15) is 5.82 Å². The van der Waals surface area contributed by atoms with E-state index in [0.29, 0.717) is 11.5 Å². The third-order valence-electron chi connectivity index (χ3n) is 3.36. The van der Waals surface area contributed by atoms with Gasteiger partial charge in [0.2, 0.25) is 0 Å². The molecule has 128 valence electrons. The maximum absolute atomic E-state index is 12.4. The summed E-state index contributed by atoms with van der Waals surface area (Å²) < 4.78 is 12.4. The highest BCUT2D eigenvalue weighted by Gasteiger charge is 2.05. The topological polar surface area (TPSA) is 42.9 Å². The van der Waals surface area contributed by atoms with Crippen LogP contribution in [0.3, 0.4) is 0 Å². The summed E-state index contributed by atoms with van der Waals surface area (Å²) >= 11 is 0. The van der Waals surface area contributed by atoms with Gasteiger partial charge in [-0.05, 0) is 29.3 Å². The van der Waals surface area contributed by atoms with Gasteiger partial charge in [0, 0.05) is 39.6 Å². The fourth-order valence-electron chi connectivity index (χ4n) is 2.24. The minimum absolute atomic E-state index is 0.579. The molecule has 1 aromatic heterocycles. The maximum atomic E-state index is 12.4. The average Bonchev–Trinajstić information content (AvgIpc) is 2.64. The fourth-order valence-corrected chi connectivity index (χ4v) is 5.45. The van der Waals surface area contributed by atoms with E-state index in [2.05, 4.69) is 22.1 Å². The Hall–Kier alpha value is -1.63. The van der Waals surface area contributed by atoms with Crippen LogP contribution in [0, 0.1) is 0 Å². The first-order chi connectivity index (χ1) is 12.3. The van der Waals surface area contributed by atoms with Crippen molar-refractivity contribution in [1.29, 1.82) is 0 Å². The molecular formula is C19H18N2OS3. The van der Waals surface area contributed by atoms with Gasteiger partial charge in [-0.1, -0.05) is 64.1 Å². The van der Waals surface area contributed by atoms with Crippen LogP contribution in [-0.4, -0.2) is 14.2 Å². The number of benzene rings is 2. The van der Waals surface area contributed by atoms with Gasteiger partial charge in [-0.15, -0.1) is 0 Å². The molecule has 1 atom stereocenters. The molecule has 3 nitrogen and oxygen atoms in total. The van der Waals surface area contributed by atoms with E-state index in [1.54, 1.807) is 34.0 Å². The molecule has 0 N–H and O–H groups in total. The van der Waals surface area contributed by atoms with E-state index in [1.165, 1.54) is 0 Å². The summed E-state index contributed by atoms with van der Waals surface area (Å²) in [6.45, 7) is 0. The SMILES string of the molecule is O=S(Cc1ccccc1)Cc1cccc(SSCc2ncccn2)c1. The quantitative estimate of drug-likeness (QED) is 0.517. The third-order valence-corrected chi connectivity index (χ3v) is 6.89. The van der Waals surface area contributed by atoms with Crippen LogP contribution in [0.5, 0.6) is 0 Å². The van der Waals surface area contributed by atoms with Gasteiger partial charge in [0.05, 0.1) is 5.75 Å². The number of hydrogen-bond donors (Lipinski definition) is 0. The van der Waals surface area contributed by atoms with Crippen LogP contribution in [0.25, 0.3) is 0 Å². The first-order valence-corrected chi connectivity index (χ1v) is 11.6. The van der Waals surface area contributed by atoms with Crippen molar-refractivity contribution < 1.29 is 4.21 Å². The van der Waals surface area contributed by atoms with E-state index in [1.807, 2.05) is 48.5 Å². The second-order valence-electron chi connectivity index (χ2n) is 5.37. The van der Waals surface area contributed by atoms with Crippen molar-refractivity contribution in [2.45, 2.75) is 22.2 Å². The van der Waals surface area contributed by atoms with Crippen molar-refractivity contribution in [3.63, 3.8) is 0 Å². The van der Waals surface area contributed by atoms with E-state index in [4.69, 9.17) is 0 Å². The van der Waals surface area contributed by atoms with Crippen LogP contribution < -0.4 is 0 Å². The largest absolute Gasteiger partial charge is 0.259 e. The molecule has 25 heavy (non-hydrogen) atoms. The Morgan fingerprint density at radius 2 is 1.56 bits per heavy atom. The molecule has 0 spiro atoms. The van der Waals surface area contributed by atoms with Gasteiger partial charge < -0.3 is 0 Å². The summed E-state index contributed by atoms with van der Waals surface area (Å²) in [4.78, 5) is 9.60. The minimum atomic E-state index is -0.902. The molecule has 1 heterocycles. The van der Waals surface area contributed by atoms with Gasteiger partial charge >= 0.3 is 0 Å². The molecule has 0 saturated carbocycles. The fraction of sp³-hybridized carbons (Fsp3) is 0.158. The monoisotopic (exact) mass is 386 g/mol. The molecule has 0 radical (unpaired) electrons. The molecular weight excluding hydrogens is 368 g/mol. The zero-order valence-corrected chi connectivity index (χ0v) is 16.0. The molecule has 3 rings (SSSR count). The molecule has 1 unspecified atom stereocenters. The molecule has 0 bridgehead atoms. The van der Waals surface area contributed by atoms with Crippen LogP contribution in [0.1, 0.15) is 17.0 Å². The molecule has 6 heteroatoms. The van der Waals surface area contributed by atoms with E-state index in [0.717, 1.165) is 27.6 Å². The maximum Gasteiger partial charge on any atom is 0.138 e. The van der Waals surface area contributed by atoms with Crippen LogP contribution in [0.2, 0.25) is 0 Å². The summed E-state index contributed by atoms with van der Waals surface area (Å²) in [5, 5.41) is 0. The Morgan fingerprint density at radius 3 is 2.36 bits per heavy atom. The van der Waals surface area contributed by atoms with Gasteiger partial charge in [0.25, 0.3) is 0 Å². The number of aromatic nitrogens is 2. The van der Waals surface area contributed by atoms with E-state index >= 15 is 0 Å². The first-order valence-electron chi connectivity index (χ1n) is 7.83. The summed E-state index contributed by atoms with van der Waals surface area (Å²) in [6, 6.07) is 20.1. The Bertz CT molecular complexity index is 813. The summed E-state index contributed by atoms with van der Waals surface area (Å²) in [7, 11) is 2.50. The Kier molecular flexibility index (Phi) is 7.09. The Labute approximate surface area is 158 Å². The standard InChI is InChI=1S/C19H18N2OS3/c22-25(14-16-6-2-1-3-7-16)15-17-8-4-9-18(12-17)24-23-13-19-20-10-5-11-21-19/h1-12H,13-15H2. The van der Waals surface area contributed by atoms with Crippen molar-refractivity contribution >= 4 is 32.4 Å². The van der Waals surface area contributed by atoms with Gasteiger partial charge in [0.15, 0.2) is 0 Å². The summed E-state index contributed by atoms with van der Waals surface area (Å²) in [6.07, 6.45) is 3.52. The zero-order valence-electron chi connectivity index (χ0n) is 13.6. The predicted octanol–water partition coefficient (Wildman–Crippen LogP) is 4.87. The normalized spacial score (nSPS) is 12.0. The average molecular weight is 387 g/mol. The van der Waals surface area contributed by atoms with Gasteiger partial charge in [-0.2, -0.15) is 0 Å². The van der Waals surface area contributed by atoms with Gasteiger partial charge in [-0.25, -0.2) is 9.97 Å². The molecule has 3 aromatic rings. The molecule has 0 fully saturated rings. The molecule has 0 saturated heterocycles. The predicted molar refractivity (Wildman–Crippen MR) is 108 cm³/mol. The minimum Gasteiger partial charge on any atom is -0.259 e. The molecule has 0 aliphatic heterocycles. The van der Waals surface area contributed by atoms with Crippen molar-refractivity contribution in [1.82, 2.24) is 9.97 Å². The highest BCUT2D eigenvalue weighted by atomic mass is 33.1. The third kappa shape index (κ3) is 6.30. The lowest BCUT2D eigenvalue weighted by Gasteiger charge is -2.06. The smallest absolute Gasteiger partial charge is 0.138 e. The second-order valence-corrected chi connectivity index (χ2v) is 9.20. The van der Waals surface area contributed by atoms with Crippen molar-refractivity contribution in [2.24, 2.45) is 0 Å². The van der Waals surface area contributed by atoms with Crippen LogP contribution in [0.4, 0.5) is 0 Å². The lowest BCUT2D eigenvalue weighted by atomic mass is 10.2. The van der Waals surface area contributed by atoms with Gasteiger partial charge in [-0.3, -0.25) is 4.21 Å². The molecule has 0 aliphatic rings. The second kappa shape index (κ2) is 9.75.